The van der Waals surface area contributed by atoms with E-state index in [2.05, 4.69) is 20.9 Å². The van der Waals surface area contributed by atoms with Crippen molar-refractivity contribution in [2.75, 3.05) is 31.6 Å². The predicted octanol–water partition coefficient (Wildman–Crippen LogP) is 1.87. The van der Waals surface area contributed by atoms with Gasteiger partial charge in [0.05, 0.1) is 35.7 Å². The quantitative estimate of drug-likeness (QED) is 0.667. The molecule has 0 radical (unpaired) electrons. The van der Waals surface area contributed by atoms with Crippen LogP contribution in [-0.2, 0) is 4.74 Å². The van der Waals surface area contributed by atoms with Gasteiger partial charge in [0.2, 0.25) is 0 Å². The fraction of sp³-hybridized carbons (Fsp3) is 0.389. The average molecular weight is 353 g/mol. The van der Waals surface area contributed by atoms with Crippen LogP contribution in [0, 0.1) is 0 Å². The number of ether oxygens (including phenoxy) is 1. The van der Waals surface area contributed by atoms with E-state index >= 15 is 0 Å². The SMILES string of the molecule is O=C(Nc1cccc2c1C(=O)c1c-2n[nH]c1C1CC1)NN1CCOCC1. The fourth-order valence-electron chi connectivity index (χ4n) is 3.64. The lowest BCUT2D eigenvalue weighted by molar-refractivity contribution is 0.0207. The van der Waals surface area contributed by atoms with Crippen LogP contribution in [-0.4, -0.2) is 53.3 Å². The Morgan fingerprint density at radius 2 is 2.04 bits per heavy atom. The number of rotatable bonds is 3. The van der Waals surface area contributed by atoms with Crippen LogP contribution in [0.5, 0.6) is 0 Å². The van der Waals surface area contributed by atoms with Crippen molar-refractivity contribution < 1.29 is 14.3 Å². The standard InChI is InChI=1S/C18H19N5O3/c24-17-13-11(16-14(17)15(20-21-16)10-4-5-10)2-1-3-12(13)19-18(25)22-23-6-8-26-9-7-23/h1-3,10H,4-9H2,(H,20,21)(H2,19,22,25). The van der Waals surface area contributed by atoms with E-state index in [1.165, 1.54) is 0 Å². The van der Waals surface area contributed by atoms with Gasteiger partial charge in [0, 0.05) is 24.6 Å². The number of fused-ring (bicyclic) bond motifs is 3. The lowest BCUT2D eigenvalue weighted by Gasteiger charge is -2.27. The number of anilines is 1. The van der Waals surface area contributed by atoms with Crippen LogP contribution in [0.2, 0.25) is 0 Å². The Morgan fingerprint density at radius 3 is 2.81 bits per heavy atom. The van der Waals surface area contributed by atoms with Gasteiger partial charge in [-0.1, -0.05) is 12.1 Å². The molecule has 2 aromatic rings. The first-order valence-electron chi connectivity index (χ1n) is 8.89. The minimum atomic E-state index is -0.360. The van der Waals surface area contributed by atoms with E-state index in [4.69, 9.17) is 4.74 Å². The summed E-state index contributed by atoms with van der Waals surface area (Å²) in [6.07, 6.45) is 2.18. The number of morpholine rings is 1. The molecule has 0 atom stereocenters. The summed E-state index contributed by atoms with van der Waals surface area (Å²) in [7, 11) is 0. The Labute approximate surface area is 149 Å². The molecule has 26 heavy (non-hydrogen) atoms. The van der Waals surface area contributed by atoms with Crippen LogP contribution < -0.4 is 10.7 Å². The van der Waals surface area contributed by atoms with Crippen molar-refractivity contribution in [1.82, 2.24) is 20.6 Å². The number of benzene rings is 1. The molecule has 2 heterocycles. The van der Waals surface area contributed by atoms with Crippen molar-refractivity contribution in [2.45, 2.75) is 18.8 Å². The van der Waals surface area contributed by atoms with E-state index < -0.39 is 0 Å². The number of urea groups is 1. The first-order valence-corrected chi connectivity index (χ1v) is 8.89. The van der Waals surface area contributed by atoms with E-state index in [0.29, 0.717) is 54.7 Å². The monoisotopic (exact) mass is 353 g/mol. The first-order chi connectivity index (χ1) is 12.7. The number of hydrogen-bond acceptors (Lipinski definition) is 5. The second-order valence-electron chi connectivity index (χ2n) is 6.86. The maximum absolute atomic E-state index is 13.0. The lowest BCUT2D eigenvalue weighted by Crippen LogP contribution is -2.49. The third-order valence-corrected chi connectivity index (χ3v) is 5.07. The number of amides is 2. The summed E-state index contributed by atoms with van der Waals surface area (Å²) < 4.78 is 5.27. The number of aromatic amines is 1. The molecule has 2 fully saturated rings. The molecule has 1 aromatic heterocycles. The zero-order valence-corrected chi connectivity index (χ0v) is 14.2. The van der Waals surface area contributed by atoms with Gasteiger partial charge in [0.1, 0.15) is 5.69 Å². The highest BCUT2D eigenvalue weighted by Crippen LogP contribution is 2.47. The molecule has 1 aromatic carbocycles. The van der Waals surface area contributed by atoms with Crippen LogP contribution in [0.15, 0.2) is 18.2 Å². The molecule has 3 aliphatic rings. The van der Waals surface area contributed by atoms with Gasteiger partial charge < -0.3 is 10.1 Å². The molecule has 3 N–H and O–H groups in total. The number of aromatic nitrogens is 2. The van der Waals surface area contributed by atoms with Gasteiger partial charge in [-0.15, -0.1) is 0 Å². The van der Waals surface area contributed by atoms with Crippen LogP contribution in [0.25, 0.3) is 11.3 Å². The van der Waals surface area contributed by atoms with Gasteiger partial charge in [-0.25, -0.2) is 9.80 Å². The van der Waals surface area contributed by atoms with Gasteiger partial charge in [0.15, 0.2) is 5.78 Å². The molecule has 0 unspecified atom stereocenters. The average Bonchev–Trinajstić information content (AvgIpc) is 3.32. The van der Waals surface area contributed by atoms with Crippen LogP contribution in [0.4, 0.5) is 10.5 Å². The molecule has 1 saturated heterocycles. The zero-order chi connectivity index (χ0) is 17.7. The highest BCUT2D eigenvalue weighted by atomic mass is 16.5. The van der Waals surface area contributed by atoms with E-state index in [1.807, 2.05) is 12.1 Å². The van der Waals surface area contributed by atoms with Crippen molar-refractivity contribution in [3.8, 4) is 11.3 Å². The molecular formula is C18H19N5O3. The summed E-state index contributed by atoms with van der Waals surface area (Å²) in [5.74, 6) is 0.346. The zero-order valence-electron chi connectivity index (χ0n) is 14.2. The van der Waals surface area contributed by atoms with E-state index in [-0.39, 0.29) is 11.8 Å². The lowest BCUT2D eigenvalue weighted by atomic mass is 10.1. The first kappa shape index (κ1) is 15.5. The molecule has 8 nitrogen and oxygen atoms in total. The van der Waals surface area contributed by atoms with E-state index in [9.17, 15) is 9.59 Å². The Kier molecular flexibility index (Phi) is 3.54. The molecular weight excluding hydrogens is 334 g/mol. The summed E-state index contributed by atoms with van der Waals surface area (Å²) in [4.78, 5) is 25.4. The number of ketones is 1. The number of carbonyl (C=O) groups is 2. The largest absolute Gasteiger partial charge is 0.379 e. The highest BCUT2D eigenvalue weighted by molar-refractivity contribution is 6.25. The topological polar surface area (TPSA) is 99.3 Å². The van der Waals surface area contributed by atoms with Crippen molar-refractivity contribution in [3.63, 3.8) is 0 Å². The number of nitrogens with one attached hydrogen (secondary N) is 3. The number of nitrogens with zero attached hydrogens (tertiary/aromatic N) is 2. The van der Waals surface area contributed by atoms with Crippen molar-refractivity contribution in [1.29, 1.82) is 0 Å². The maximum Gasteiger partial charge on any atom is 0.333 e. The minimum Gasteiger partial charge on any atom is -0.379 e. The van der Waals surface area contributed by atoms with Gasteiger partial charge in [-0.2, -0.15) is 5.10 Å². The molecule has 8 heteroatoms. The summed E-state index contributed by atoms with van der Waals surface area (Å²) in [6, 6.07) is 5.10. The molecule has 134 valence electrons. The molecule has 0 bridgehead atoms. The summed E-state index contributed by atoms with van der Waals surface area (Å²) in [5, 5.41) is 12.0. The smallest absolute Gasteiger partial charge is 0.333 e. The van der Waals surface area contributed by atoms with Gasteiger partial charge in [-0.05, 0) is 18.9 Å². The third-order valence-electron chi connectivity index (χ3n) is 5.07. The predicted molar refractivity (Wildman–Crippen MR) is 94.0 cm³/mol. The maximum atomic E-state index is 13.0. The summed E-state index contributed by atoms with van der Waals surface area (Å²) in [5.41, 5.74) is 6.92. The Bertz CT molecular complexity index is 896. The third kappa shape index (κ3) is 2.49. The van der Waals surface area contributed by atoms with Crippen molar-refractivity contribution in [2.24, 2.45) is 0 Å². The number of H-pyrrole nitrogens is 1. The molecule has 5 rings (SSSR count). The second kappa shape index (κ2) is 5.93. The number of hydrogen-bond donors (Lipinski definition) is 3. The summed E-state index contributed by atoms with van der Waals surface area (Å²) >= 11 is 0. The molecule has 1 saturated carbocycles. The second-order valence-corrected chi connectivity index (χ2v) is 6.86. The molecule has 1 aliphatic heterocycles. The van der Waals surface area contributed by atoms with E-state index in [1.54, 1.807) is 11.1 Å². The number of carbonyl (C=O) groups excluding carboxylic acids is 2. The minimum absolute atomic E-state index is 0.0621. The van der Waals surface area contributed by atoms with Gasteiger partial charge >= 0.3 is 6.03 Å². The van der Waals surface area contributed by atoms with Crippen LogP contribution >= 0.6 is 0 Å². The van der Waals surface area contributed by atoms with Gasteiger partial charge in [-0.3, -0.25) is 15.3 Å². The Hall–Kier alpha value is -2.71. The normalized spacial score (nSPS) is 19.2. The van der Waals surface area contributed by atoms with Crippen molar-refractivity contribution in [3.05, 3.63) is 35.0 Å². The van der Waals surface area contributed by atoms with E-state index in [0.717, 1.165) is 24.1 Å². The Morgan fingerprint density at radius 1 is 1.23 bits per heavy atom. The molecule has 2 aliphatic carbocycles. The number of hydrazine groups is 1. The van der Waals surface area contributed by atoms with Crippen LogP contribution in [0.1, 0.15) is 40.4 Å². The van der Waals surface area contributed by atoms with Gasteiger partial charge in [0.25, 0.3) is 0 Å². The fourth-order valence-corrected chi connectivity index (χ4v) is 3.64. The molecule has 2 amide bonds. The molecule has 0 spiro atoms. The van der Waals surface area contributed by atoms with Crippen LogP contribution in [0.3, 0.4) is 0 Å². The summed E-state index contributed by atoms with van der Waals surface area (Å²) in [6.45, 7) is 2.45. The van der Waals surface area contributed by atoms with Crippen molar-refractivity contribution >= 4 is 17.5 Å². The highest BCUT2D eigenvalue weighted by Gasteiger charge is 2.39. The Balaban J connectivity index is 1.40.